The molecule has 2 aliphatic heterocycles. The fourth-order valence-corrected chi connectivity index (χ4v) is 5.29. The zero-order valence-corrected chi connectivity index (χ0v) is 15.5. The Hall–Kier alpha value is -1.68. The summed E-state index contributed by atoms with van der Waals surface area (Å²) in [6, 6.07) is 2.22. The van der Waals surface area contributed by atoms with Gasteiger partial charge in [-0.1, -0.05) is 17.7 Å². The highest BCUT2D eigenvalue weighted by molar-refractivity contribution is 7.17. The Bertz CT molecular complexity index is 864. The maximum atomic E-state index is 12.9. The Morgan fingerprint density at radius 3 is 2.80 bits per heavy atom. The summed E-state index contributed by atoms with van der Waals surface area (Å²) in [5.41, 5.74) is 0.989. The lowest BCUT2D eigenvalue weighted by Crippen LogP contribution is -2.32. The number of nitrogens with zero attached hydrogens (tertiary/aromatic N) is 2. The van der Waals surface area contributed by atoms with E-state index in [9.17, 15) is 14.9 Å². The first-order chi connectivity index (χ1) is 11.8. The molecule has 0 radical (unpaired) electrons. The minimum absolute atomic E-state index is 0.217. The van der Waals surface area contributed by atoms with E-state index in [4.69, 9.17) is 16.3 Å². The maximum absolute atomic E-state index is 12.9. The van der Waals surface area contributed by atoms with E-state index in [1.54, 1.807) is 0 Å². The molecule has 0 saturated carbocycles. The summed E-state index contributed by atoms with van der Waals surface area (Å²) in [4.78, 5) is 27.9. The van der Waals surface area contributed by atoms with Gasteiger partial charge in [0.05, 0.1) is 29.6 Å². The third kappa shape index (κ3) is 2.53. The normalized spacial score (nSPS) is 27.6. The van der Waals surface area contributed by atoms with Gasteiger partial charge in [0.2, 0.25) is 11.8 Å². The number of ether oxygens (including phenoxy) is 1. The minimum Gasteiger partial charge on any atom is -0.370 e. The van der Waals surface area contributed by atoms with E-state index in [0.29, 0.717) is 41.5 Å². The van der Waals surface area contributed by atoms with Gasteiger partial charge in [-0.2, -0.15) is 5.26 Å². The number of hydrogen-bond acceptors (Lipinski definition) is 5. The molecule has 3 aliphatic rings. The van der Waals surface area contributed by atoms with Crippen LogP contribution in [0.25, 0.3) is 0 Å². The SMILES string of the molecule is CC1(C)Cc2c(sc(N3C(=O)[C@@H]4CC=C(Cl)C[C@H]4C3=O)c2C#N)CO1. The first-order valence-electron chi connectivity index (χ1n) is 8.23. The Morgan fingerprint density at radius 2 is 2.08 bits per heavy atom. The van der Waals surface area contributed by atoms with E-state index in [-0.39, 0.29) is 23.3 Å². The predicted octanol–water partition coefficient (Wildman–Crippen LogP) is 3.49. The van der Waals surface area contributed by atoms with Crippen LogP contribution in [0.2, 0.25) is 0 Å². The number of carbonyl (C=O) groups is 2. The number of rotatable bonds is 1. The molecule has 0 N–H and O–H groups in total. The van der Waals surface area contributed by atoms with Crippen molar-refractivity contribution >= 4 is 39.8 Å². The van der Waals surface area contributed by atoms with Gasteiger partial charge in [0, 0.05) is 16.3 Å². The molecular formula is C18H17ClN2O3S. The smallest absolute Gasteiger partial charge is 0.238 e. The third-order valence-electron chi connectivity index (χ3n) is 5.15. The molecule has 5 nitrogen and oxygen atoms in total. The Balaban J connectivity index is 1.77. The van der Waals surface area contributed by atoms with Crippen LogP contribution in [0.4, 0.5) is 5.00 Å². The maximum Gasteiger partial charge on any atom is 0.238 e. The summed E-state index contributed by atoms with van der Waals surface area (Å²) in [7, 11) is 0. The van der Waals surface area contributed by atoms with Crippen LogP contribution in [0.15, 0.2) is 11.1 Å². The Labute approximate surface area is 154 Å². The third-order valence-corrected chi connectivity index (χ3v) is 6.65. The van der Waals surface area contributed by atoms with E-state index >= 15 is 0 Å². The van der Waals surface area contributed by atoms with Crippen LogP contribution in [0.5, 0.6) is 0 Å². The van der Waals surface area contributed by atoms with Crippen molar-refractivity contribution in [2.75, 3.05) is 4.90 Å². The number of anilines is 1. The highest BCUT2D eigenvalue weighted by Gasteiger charge is 2.50. The molecule has 130 valence electrons. The first-order valence-corrected chi connectivity index (χ1v) is 9.43. The van der Waals surface area contributed by atoms with E-state index in [2.05, 4.69) is 6.07 Å². The molecule has 1 fully saturated rings. The molecular weight excluding hydrogens is 360 g/mol. The van der Waals surface area contributed by atoms with Gasteiger partial charge in [0.25, 0.3) is 0 Å². The average molecular weight is 377 g/mol. The predicted molar refractivity (Wildman–Crippen MR) is 94.2 cm³/mol. The largest absolute Gasteiger partial charge is 0.370 e. The minimum atomic E-state index is -0.414. The quantitative estimate of drug-likeness (QED) is 0.703. The standard InChI is InChI=1S/C18H17ClN2O3S/c1-18(2)6-12-13(7-20)17(25-14(12)8-24-18)21-15(22)10-4-3-9(19)5-11(10)16(21)23/h3,10-11H,4-6,8H2,1-2H3/t10-,11-/m1/s1. The average Bonchev–Trinajstić information content (AvgIpc) is 3.01. The van der Waals surface area contributed by atoms with Crippen LogP contribution in [0.3, 0.4) is 0 Å². The molecule has 3 heterocycles. The van der Waals surface area contributed by atoms with E-state index in [1.807, 2.05) is 19.9 Å². The number of allylic oxidation sites excluding steroid dienone is 2. The number of halogens is 1. The van der Waals surface area contributed by atoms with E-state index in [0.717, 1.165) is 10.4 Å². The summed E-state index contributed by atoms with van der Waals surface area (Å²) >= 11 is 7.40. The molecule has 1 aromatic rings. The number of nitriles is 1. The summed E-state index contributed by atoms with van der Waals surface area (Å²) < 4.78 is 5.82. The number of hydrogen-bond donors (Lipinski definition) is 0. The molecule has 1 aliphatic carbocycles. The summed E-state index contributed by atoms with van der Waals surface area (Å²) in [5.74, 6) is -1.24. The van der Waals surface area contributed by atoms with Gasteiger partial charge in [-0.3, -0.25) is 9.59 Å². The van der Waals surface area contributed by atoms with Crippen molar-refractivity contribution in [2.45, 2.75) is 45.3 Å². The lowest BCUT2D eigenvalue weighted by molar-refractivity contribution is -0.122. The molecule has 7 heteroatoms. The highest BCUT2D eigenvalue weighted by Crippen LogP contribution is 2.47. The van der Waals surface area contributed by atoms with Gasteiger partial charge in [-0.05, 0) is 32.3 Å². The summed E-state index contributed by atoms with van der Waals surface area (Å²) in [6.45, 7) is 4.35. The molecule has 1 saturated heterocycles. The molecule has 0 bridgehead atoms. The van der Waals surface area contributed by atoms with Crippen molar-refractivity contribution in [3.63, 3.8) is 0 Å². The van der Waals surface area contributed by atoms with Crippen molar-refractivity contribution in [1.29, 1.82) is 5.26 Å². The number of fused-ring (bicyclic) bond motifs is 2. The summed E-state index contributed by atoms with van der Waals surface area (Å²) in [6.07, 6.45) is 3.29. The van der Waals surface area contributed by atoms with Crippen LogP contribution < -0.4 is 4.90 Å². The topological polar surface area (TPSA) is 70.4 Å². The second-order valence-corrected chi connectivity index (χ2v) is 8.91. The number of thiophene rings is 1. The Morgan fingerprint density at radius 1 is 1.36 bits per heavy atom. The molecule has 2 amide bonds. The number of carbonyl (C=O) groups excluding carboxylic acids is 2. The van der Waals surface area contributed by atoms with Gasteiger partial charge in [0.15, 0.2) is 0 Å². The van der Waals surface area contributed by atoms with Gasteiger partial charge in [0.1, 0.15) is 11.1 Å². The van der Waals surface area contributed by atoms with Crippen LogP contribution in [0, 0.1) is 23.2 Å². The lowest BCUT2D eigenvalue weighted by atomic mass is 9.85. The van der Waals surface area contributed by atoms with Crippen molar-refractivity contribution < 1.29 is 14.3 Å². The molecule has 0 spiro atoms. The fraction of sp³-hybridized carbons (Fsp3) is 0.500. The molecule has 4 rings (SSSR count). The molecule has 1 aromatic heterocycles. The zero-order valence-electron chi connectivity index (χ0n) is 14.0. The van der Waals surface area contributed by atoms with Gasteiger partial charge >= 0.3 is 0 Å². The molecule has 25 heavy (non-hydrogen) atoms. The van der Waals surface area contributed by atoms with Crippen molar-refractivity contribution in [3.8, 4) is 6.07 Å². The van der Waals surface area contributed by atoms with E-state index in [1.165, 1.54) is 16.2 Å². The van der Waals surface area contributed by atoms with Crippen molar-refractivity contribution in [1.82, 2.24) is 0 Å². The second kappa shape index (κ2) is 5.66. The second-order valence-electron chi connectivity index (χ2n) is 7.34. The van der Waals surface area contributed by atoms with Crippen LogP contribution in [-0.4, -0.2) is 17.4 Å². The van der Waals surface area contributed by atoms with Crippen molar-refractivity contribution in [2.24, 2.45) is 11.8 Å². The molecule has 0 unspecified atom stereocenters. The van der Waals surface area contributed by atoms with Crippen LogP contribution >= 0.6 is 22.9 Å². The Kier molecular flexibility index (Phi) is 3.80. The van der Waals surface area contributed by atoms with Crippen LogP contribution in [-0.2, 0) is 27.4 Å². The van der Waals surface area contributed by atoms with Gasteiger partial charge in [-0.25, -0.2) is 4.90 Å². The fourth-order valence-electron chi connectivity index (χ4n) is 3.84. The van der Waals surface area contributed by atoms with Crippen LogP contribution in [0.1, 0.15) is 42.7 Å². The lowest BCUT2D eigenvalue weighted by Gasteiger charge is -2.29. The summed E-state index contributed by atoms with van der Waals surface area (Å²) in [5, 5.41) is 10.8. The first kappa shape index (κ1) is 16.8. The zero-order chi connectivity index (χ0) is 17.9. The molecule has 0 aromatic carbocycles. The van der Waals surface area contributed by atoms with Gasteiger partial charge in [-0.15, -0.1) is 11.3 Å². The number of amides is 2. The molecule has 2 atom stereocenters. The monoisotopic (exact) mass is 376 g/mol. The highest BCUT2D eigenvalue weighted by atomic mass is 35.5. The number of imide groups is 1. The van der Waals surface area contributed by atoms with Crippen molar-refractivity contribution in [3.05, 3.63) is 27.1 Å². The van der Waals surface area contributed by atoms with E-state index < -0.39 is 5.92 Å². The van der Waals surface area contributed by atoms with Gasteiger partial charge < -0.3 is 4.74 Å².